The van der Waals surface area contributed by atoms with Crippen molar-refractivity contribution >= 4 is 0 Å². The first-order chi connectivity index (χ1) is 9.69. The van der Waals surface area contributed by atoms with Crippen molar-refractivity contribution in [2.75, 3.05) is 19.9 Å². The third kappa shape index (κ3) is 4.30. The molecule has 0 fully saturated rings. The van der Waals surface area contributed by atoms with Crippen molar-refractivity contribution in [3.8, 4) is 17.2 Å². The molecule has 0 aliphatic carbocycles. The van der Waals surface area contributed by atoms with Crippen LogP contribution in [0.15, 0.2) is 18.2 Å². The van der Waals surface area contributed by atoms with Crippen LogP contribution in [0.25, 0.3) is 0 Å². The first kappa shape index (κ1) is 15.0. The molecule has 1 atom stereocenters. The van der Waals surface area contributed by atoms with Gasteiger partial charge in [-0.3, -0.25) is 0 Å². The molecule has 0 spiro atoms. The maximum atomic E-state index is 6.06. The molecule has 0 amide bonds. The molecule has 0 aromatic heterocycles. The molecule has 1 aliphatic rings. The van der Waals surface area contributed by atoms with Gasteiger partial charge in [0.2, 0.25) is 6.79 Å². The number of ether oxygens (including phenoxy) is 3. The lowest BCUT2D eigenvalue weighted by atomic mass is 10.2. The van der Waals surface area contributed by atoms with Crippen molar-refractivity contribution in [1.82, 2.24) is 5.32 Å². The lowest BCUT2D eigenvalue weighted by molar-refractivity contribution is 0.172. The number of nitrogens with one attached hydrogen (secondary N) is 1. The summed E-state index contributed by atoms with van der Waals surface area (Å²) >= 11 is 0. The Morgan fingerprint density at radius 3 is 2.75 bits per heavy atom. The second kappa shape index (κ2) is 7.39. The van der Waals surface area contributed by atoms with E-state index in [1.165, 1.54) is 0 Å². The zero-order chi connectivity index (χ0) is 14.4. The molecule has 1 aromatic carbocycles. The van der Waals surface area contributed by atoms with Gasteiger partial charge in [0.1, 0.15) is 11.9 Å². The number of fused-ring (bicyclic) bond motifs is 1. The summed E-state index contributed by atoms with van der Waals surface area (Å²) in [5, 5.41) is 3.46. The van der Waals surface area contributed by atoms with Crippen molar-refractivity contribution < 1.29 is 14.2 Å². The predicted octanol–water partition coefficient (Wildman–Crippen LogP) is 3.21. The second-order valence-electron chi connectivity index (χ2n) is 5.60. The van der Waals surface area contributed by atoms with Crippen LogP contribution in [-0.2, 0) is 0 Å². The van der Waals surface area contributed by atoms with Crippen LogP contribution in [0.4, 0.5) is 0 Å². The molecule has 112 valence electrons. The number of benzene rings is 1. The predicted molar refractivity (Wildman–Crippen MR) is 79.6 cm³/mol. The highest BCUT2D eigenvalue weighted by molar-refractivity contribution is 5.46. The van der Waals surface area contributed by atoms with Crippen LogP contribution < -0.4 is 19.5 Å². The third-order valence-electron chi connectivity index (χ3n) is 3.18. The van der Waals surface area contributed by atoms with E-state index in [2.05, 4.69) is 26.1 Å². The Kier molecular flexibility index (Phi) is 5.53. The minimum Gasteiger partial charge on any atom is -0.489 e. The smallest absolute Gasteiger partial charge is 0.231 e. The van der Waals surface area contributed by atoms with Gasteiger partial charge >= 0.3 is 0 Å². The largest absolute Gasteiger partial charge is 0.489 e. The van der Waals surface area contributed by atoms with Crippen molar-refractivity contribution in [2.45, 2.75) is 39.7 Å². The number of hydrogen-bond acceptors (Lipinski definition) is 4. The Hall–Kier alpha value is -1.42. The standard InChI is InChI=1S/C16H25NO3/c1-4-5-14(10-17-9-12(2)3)20-13-6-7-15-16(8-13)19-11-18-15/h6-8,12,14,17H,4-5,9-11H2,1-3H3. The summed E-state index contributed by atoms with van der Waals surface area (Å²) in [5.41, 5.74) is 0. The van der Waals surface area contributed by atoms with Gasteiger partial charge in [0, 0.05) is 12.6 Å². The van der Waals surface area contributed by atoms with Gasteiger partial charge in [-0.1, -0.05) is 27.2 Å². The fourth-order valence-electron chi connectivity index (χ4n) is 2.20. The summed E-state index contributed by atoms with van der Waals surface area (Å²) in [6.07, 6.45) is 2.34. The van der Waals surface area contributed by atoms with E-state index in [1.807, 2.05) is 18.2 Å². The van der Waals surface area contributed by atoms with E-state index in [4.69, 9.17) is 14.2 Å². The maximum absolute atomic E-state index is 6.06. The van der Waals surface area contributed by atoms with Crippen molar-refractivity contribution in [2.24, 2.45) is 5.92 Å². The molecule has 0 saturated heterocycles. The van der Waals surface area contributed by atoms with E-state index < -0.39 is 0 Å². The molecular weight excluding hydrogens is 254 g/mol. The highest BCUT2D eigenvalue weighted by atomic mass is 16.7. The molecular formula is C16H25NO3. The van der Waals surface area contributed by atoms with Gasteiger partial charge < -0.3 is 19.5 Å². The molecule has 2 rings (SSSR count). The SMILES string of the molecule is CCCC(CNCC(C)C)Oc1ccc2c(c1)OCO2. The molecule has 4 heteroatoms. The second-order valence-corrected chi connectivity index (χ2v) is 5.60. The van der Waals surface area contributed by atoms with E-state index in [0.717, 1.165) is 43.2 Å². The summed E-state index contributed by atoms with van der Waals surface area (Å²) in [7, 11) is 0. The molecule has 0 saturated carbocycles. The molecule has 1 aliphatic heterocycles. The maximum Gasteiger partial charge on any atom is 0.231 e. The van der Waals surface area contributed by atoms with Crippen molar-refractivity contribution in [3.05, 3.63) is 18.2 Å². The quantitative estimate of drug-likeness (QED) is 0.793. The average Bonchev–Trinajstić information content (AvgIpc) is 2.86. The molecule has 4 nitrogen and oxygen atoms in total. The topological polar surface area (TPSA) is 39.7 Å². The van der Waals surface area contributed by atoms with E-state index >= 15 is 0 Å². The average molecular weight is 279 g/mol. The van der Waals surface area contributed by atoms with Gasteiger partial charge in [-0.2, -0.15) is 0 Å². The van der Waals surface area contributed by atoms with Gasteiger partial charge in [0.25, 0.3) is 0 Å². The van der Waals surface area contributed by atoms with E-state index in [9.17, 15) is 0 Å². The molecule has 1 N–H and O–H groups in total. The minimum atomic E-state index is 0.194. The van der Waals surface area contributed by atoms with Crippen LogP contribution in [-0.4, -0.2) is 26.0 Å². The zero-order valence-corrected chi connectivity index (χ0v) is 12.6. The third-order valence-corrected chi connectivity index (χ3v) is 3.18. The summed E-state index contributed by atoms with van der Waals surface area (Å²) < 4.78 is 16.7. The first-order valence-electron chi connectivity index (χ1n) is 7.46. The highest BCUT2D eigenvalue weighted by Gasteiger charge is 2.16. The van der Waals surface area contributed by atoms with Crippen LogP contribution in [0.5, 0.6) is 17.2 Å². The van der Waals surface area contributed by atoms with E-state index in [0.29, 0.717) is 12.7 Å². The van der Waals surface area contributed by atoms with Gasteiger partial charge in [0.05, 0.1) is 0 Å². The van der Waals surface area contributed by atoms with E-state index in [-0.39, 0.29) is 6.10 Å². The zero-order valence-electron chi connectivity index (χ0n) is 12.6. The van der Waals surface area contributed by atoms with E-state index in [1.54, 1.807) is 0 Å². The van der Waals surface area contributed by atoms with Crippen molar-refractivity contribution in [3.63, 3.8) is 0 Å². The van der Waals surface area contributed by atoms with Gasteiger partial charge in [-0.05, 0) is 31.0 Å². The molecule has 0 bridgehead atoms. The molecule has 20 heavy (non-hydrogen) atoms. The molecule has 1 aromatic rings. The van der Waals surface area contributed by atoms with Gasteiger partial charge in [-0.15, -0.1) is 0 Å². The molecule has 1 unspecified atom stereocenters. The van der Waals surface area contributed by atoms with Crippen LogP contribution in [0.3, 0.4) is 0 Å². The fraction of sp³-hybridized carbons (Fsp3) is 0.625. The fourth-order valence-corrected chi connectivity index (χ4v) is 2.20. The summed E-state index contributed by atoms with van der Waals surface area (Å²) in [6, 6.07) is 5.76. The molecule has 0 radical (unpaired) electrons. The van der Waals surface area contributed by atoms with Gasteiger partial charge in [0.15, 0.2) is 11.5 Å². The van der Waals surface area contributed by atoms with Crippen LogP contribution in [0.2, 0.25) is 0 Å². The first-order valence-corrected chi connectivity index (χ1v) is 7.46. The van der Waals surface area contributed by atoms with Crippen LogP contribution in [0, 0.1) is 5.92 Å². The Morgan fingerprint density at radius 1 is 1.20 bits per heavy atom. The Balaban J connectivity index is 1.89. The van der Waals surface area contributed by atoms with Crippen LogP contribution >= 0.6 is 0 Å². The lowest BCUT2D eigenvalue weighted by Crippen LogP contribution is -2.33. The Bertz CT molecular complexity index is 420. The summed E-state index contributed by atoms with van der Waals surface area (Å²) in [5.74, 6) is 3.07. The Labute approximate surface area is 121 Å². The Morgan fingerprint density at radius 2 is 2.00 bits per heavy atom. The summed E-state index contributed by atoms with van der Waals surface area (Å²) in [4.78, 5) is 0. The minimum absolute atomic E-state index is 0.194. The monoisotopic (exact) mass is 279 g/mol. The lowest BCUT2D eigenvalue weighted by Gasteiger charge is -2.20. The normalized spacial score (nSPS) is 14.6. The van der Waals surface area contributed by atoms with Crippen LogP contribution in [0.1, 0.15) is 33.6 Å². The number of hydrogen-bond donors (Lipinski definition) is 1. The summed E-state index contributed by atoms with van der Waals surface area (Å²) in [6.45, 7) is 8.79. The van der Waals surface area contributed by atoms with Gasteiger partial charge in [-0.25, -0.2) is 0 Å². The number of rotatable bonds is 8. The van der Waals surface area contributed by atoms with Crippen molar-refractivity contribution in [1.29, 1.82) is 0 Å². The molecule has 1 heterocycles. The highest BCUT2D eigenvalue weighted by Crippen LogP contribution is 2.35.